The molecule has 0 atom stereocenters. The Morgan fingerprint density at radius 1 is 1.11 bits per heavy atom. The highest BCUT2D eigenvalue weighted by Crippen LogP contribution is 2.21. The topological polar surface area (TPSA) is 104 Å². The van der Waals surface area contributed by atoms with Gasteiger partial charge in [0, 0.05) is 0 Å². The summed E-state index contributed by atoms with van der Waals surface area (Å²) in [6, 6.07) is 6.24. The number of nitrogens with zero attached hydrogens (tertiary/aromatic N) is 1. The molecule has 0 saturated heterocycles. The van der Waals surface area contributed by atoms with Crippen molar-refractivity contribution >= 4 is 22.2 Å². The lowest BCUT2D eigenvalue weighted by molar-refractivity contribution is 0.0627. The Hall–Kier alpha value is -1.77. The second-order valence-corrected chi connectivity index (χ2v) is 4.59. The van der Waals surface area contributed by atoms with Gasteiger partial charge in [0.1, 0.15) is 0 Å². The van der Waals surface area contributed by atoms with Crippen molar-refractivity contribution in [2.45, 2.75) is 0 Å². The van der Waals surface area contributed by atoms with E-state index in [2.05, 4.69) is 4.18 Å². The Morgan fingerprint density at radius 3 is 2.06 bits per heavy atom. The second-order valence-electron chi connectivity index (χ2n) is 3.54. The number of imide groups is 1. The van der Waals surface area contributed by atoms with Gasteiger partial charge in [-0.3, -0.25) is 18.7 Å². The Balaban J connectivity index is 2.10. The van der Waals surface area contributed by atoms with Gasteiger partial charge in [-0.25, -0.2) is 8.42 Å². The van der Waals surface area contributed by atoms with E-state index in [0.717, 1.165) is 4.90 Å². The summed E-state index contributed by atoms with van der Waals surface area (Å²) in [5.74, 6) is -1.05. The van der Waals surface area contributed by atoms with E-state index in [0.29, 0.717) is 0 Å². The highest BCUT2D eigenvalue weighted by molar-refractivity contribution is 7.80. The zero-order chi connectivity index (χ0) is 13.3. The van der Waals surface area contributed by atoms with E-state index >= 15 is 0 Å². The molecule has 0 N–H and O–H groups in total. The van der Waals surface area contributed by atoms with Crippen LogP contribution in [0.5, 0.6) is 0 Å². The van der Waals surface area contributed by atoms with Crippen LogP contribution >= 0.6 is 0 Å². The monoisotopic (exact) mass is 270 g/mol. The van der Waals surface area contributed by atoms with Gasteiger partial charge >= 0.3 is 0 Å². The maximum Gasteiger partial charge on any atom is 0.261 e. The summed E-state index contributed by atoms with van der Waals surface area (Å²) in [7, 11) is -4.82. The Labute approximate surface area is 103 Å². The van der Waals surface area contributed by atoms with Crippen molar-refractivity contribution in [2.24, 2.45) is 0 Å². The number of carbonyl (C=O) groups is 2. The summed E-state index contributed by atoms with van der Waals surface area (Å²) < 4.78 is 34.6. The highest BCUT2D eigenvalue weighted by Gasteiger charge is 2.34. The molecule has 8 heteroatoms. The van der Waals surface area contributed by atoms with E-state index < -0.39 is 28.8 Å². The molecule has 2 amide bonds. The van der Waals surface area contributed by atoms with Gasteiger partial charge in [-0.05, 0) is 12.1 Å². The van der Waals surface area contributed by atoms with E-state index in [1.54, 1.807) is 12.1 Å². The van der Waals surface area contributed by atoms with Crippen LogP contribution in [-0.4, -0.2) is 42.8 Å². The fraction of sp³-hybridized carbons (Fsp3) is 0.200. The highest BCUT2D eigenvalue weighted by atomic mass is 32.3. The molecule has 0 radical (unpaired) electrons. The third-order valence-corrected chi connectivity index (χ3v) is 2.88. The molecule has 1 heterocycles. The van der Waals surface area contributed by atoms with Crippen molar-refractivity contribution in [3.8, 4) is 0 Å². The summed E-state index contributed by atoms with van der Waals surface area (Å²) in [6.45, 7) is -0.828. The van der Waals surface area contributed by atoms with Gasteiger partial charge in [-0.1, -0.05) is 12.1 Å². The maximum absolute atomic E-state index is 11.8. The number of fused-ring (bicyclic) bond motifs is 1. The Morgan fingerprint density at radius 2 is 1.61 bits per heavy atom. The molecular weight excluding hydrogens is 262 g/mol. The minimum atomic E-state index is -4.82. The molecule has 0 aliphatic carbocycles. The minimum Gasteiger partial charge on any atom is -0.726 e. The van der Waals surface area contributed by atoms with Crippen molar-refractivity contribution < 1.29 is 26.7 Å². The third kappa shape index (κ3) is 2.40. The molecule has 0 aromatic heterocycles. The van der Waals surface area contributed by atoms with Crippen molar-refractivity contribution in [3.05, 3.63) is 35.4 Å². The standard InChI is InChI=1S/C10H9NO6S/c12-9-7-3-1-2-4-8(7)10(13)11(9)5-6-17-18(14,15)16/h1-4H,5-6H2,(H,14,15,16)/p-1. The Kier molecular flexibility index (Phi) is 3.16. The molecule has 2 rings (SSSR count). The van der Waals surface area contributed by atoms with Crippen molar-refractivity contribution in [2.75, 3.05) is 13.2 Å². The number of carbonyl (C=O) groups excluding carboxylic acids is 2. The fourth-order valence-electron chi connectivity index (χ4n) is 1.67. The normalized spacial score (nSPS) is 15.1. The first-order valence-corrected chi connectivity index (χ1v) is 6.29. The summed E-state index contributed by atoms with van der Waals surface area (Å²) in [4.78, 5) is 24.4. The molecule has 1 aliphatic rings. The zero-order valence-electron chi connectivity index (χ0n) is 9.03. The SMILES string of the molecule is O=C1c2ccccc2C(=O)N1CCOS(=O)(=O)[O-]. The van der Waals surface area contributed by atoms with Gasteiger partial charge in [0.15, 0.2) is 0 Å². The Bertz CT molecular complexity index is 574. The molecule has 7 nitrogen and oxygen atoms in total. The summed E-state index contributed by atoms with van der Waals surface area (Å²) in [5.41, 5.74) is 0.514. The number of hydrogen-bond donors (Lipinski definition) is 0. The van der Waals surface area contributed by atoms with Crippen LogP contribution in [0.4, 0.5) is 0 Å². The van der Waals surface area contributed by atoms with E-state index in [1.165, 1.54) is 12.1 Å². The van der Waals surface area contributed by atoms with E-state index in [-0.39, 0.29) is 17.7 Å². The summed E-state index contributed by atoms with van der Waals surface area (Å²) >= 11 is 0. The van der Waals surface area contributed by atoms with Gasteiger partial charge in [-0.2, -0.15) is 0 Å². The molecule has 0 spiro atoms. The van der Waals surface area contributed by atoms with Crippen molar-refractivity contribution in [1.29, 1.82) is 0 Å². The number of hydrogen-bond acceptors (Lipinski definition) is 6. The van der Waals surface area contributed by atoms with Gasteiger partial charge in [0.05, 0.1) is 24.3 Å². The lowest BCUT2D eigenvalue weighted by atomic mass is 10.1. The van der Waals surface area contributed by atoms with Crippen molar-refractivity contribution in [1.82, 2.24) is 4.90 Å². The largest absolute Gasteiger partial charge is 0.726 e. The van der Waals surface area contributed by atoms with Gasteiger partial charge in [0.2, 0.25) is 10.4 Å². The van der Waals surface area contributed by atoms with Crippen LogP contribution in [0.2, 0.25) is 0 Å². The molecule has 18 heavy (non-hydrogen) atoms. The molecule has 0 bridgehead atoms. The lowest BCUT2D eigenvalue weighted by Gasteiger charge is -2.14. The van der Waals surface area contributed by atoms with Gasteiger partial charge in [-0.15, -0.1) is 0 Å². The van der Waals surface area contributed by atoms with E-state index in [4.69, 9.17) is 0 Å². The first-order valence-electron chi connectivity index (χ1n) is 4.95. The number of amides is 2. The molecule has 0 fully saturated rings. The van der Waals surface area contributed by atoms with Crippen LogP contribution in [0.1, 0.15) is 20.7 Å². The van der Waals surface area contributed by atoms with Crippen LogP contribution in [0, 0.1) is 0 Å². The van der Waals surface area contributed by atoms with Gasteiger partial charge < -0.3 is 4.55 Å². The zero-order valence-corrected chi connectivity index (χ0v) is 9.85. The number of rotatable bonds is 4. The molecule has 0 saturated carbocycles. The van der Waals surface area contributed by atoms with E-state index in [9.17, 15) is 22.6 Å². The maximum atomic E-state index is 11.8. The molecular formula is C10H8NO6S-. The third-order valence-electron chi connectivity index (χ3n) is 2.42. The van der Waals surface area contributed by atoms with Crippen LogP contribution in [0.3, 0.4) is 0 Å². The average molecular weight is 270 g/mol. The average Bonchev–Trinajstić information content (AvgIpc) is 2.53. The first-order chi connectivity index (χ1) is 8.40. The predicted molar refractivity (Wildman–Crippen MR) is 57.5 cm³/mol. The predicted octanol–water partition coefficient (Wildman–Crippen LogP) is -0.241. The quantitative estimate of drug-likeness (QED) is 0.425. The fourth-order valence-corrected chi connectivity index (χ4v) is 1.95. The molecule has 1 aromatic carbocycles. The lowest BCUT2D eigenvalue weighted by Crippen LogP contribution is -2.33. The molecule has 1 aromatic rings. The minimum absolute atomic E-state index is 0.257. The molecule has 1 aliphatic heterocycles. The first kappa shape index (κ1) is 12.7. The van der Waals surface area contributed by atoms with Crippen LogP contribution in [0.25, 0.3) is 0 Å². The number of benzene rings is 1. The van der Waals surface area contributed by atoms with Crippen LogP contribution in [-0.2, 0) is 14.6 Å². The van der Waals surface area contributed by atoms with E-state index in [1.807, 2.05) is 0 Å². The van der Waals surface area contributed by atoms with Crippen molar-refractivity contribution in [3.63, 3.8) is 0 Å². The summed E-state index contributed by atoms with van der Waals surface area (Å²) in [5, 5.41) is 0. The van der Waals surface area contributed by atoms with Crippen LogP contribution in [0.15, 0.2) is 24.3 Å². The van der Waals surface area contributed by atoms with Gasteiger partial charge in [0.25, 0.3) is 11.8 Å². The van der Waals surface area contributed by atoms with Crippen LogP contribution < -0.4 is 0 Å². The molecule has 96 valence electrons. The summed E-state index contributed by atoms with van der Waals surface area (Å²) in [6.07, 6.45) is 0. The smallest absolute Gasteiger partial charge is 0.261 e. The molecule has 0 unspecified atom stereocenters. The second kappa shape index (κ2) is 4.48.